The molecule has 6 aromatic carbocycles. The molecule has 0 aliphatic heterocycles. The molecular formula is C68H90O4P2. The monoisotopic (exact) mass is 1030 g/mol. The standard InChI is InChI=1S/C68H90O4P2/c1-61(2,3)39-25-29-43(49(35-39)65(13,14)15)44-33-34-48-55(53(44)45-30-26-40(62(4,5)6)36-50(45)66(16,17)18)58-56(48)54(46-31-27-41(63(7,8)9)37-51(46)67(19,20)21)57(59(73(69)70)60(58)74(71)72)47-32-28-42(64(10,11)12)38-52(47)68(22,23)24/h25-38,69-72H,1-24H3. The SMILES string of the molecule is CC(C)(C)c1ccc(-c2ccc3c(c2-c2ccc(C(C)(C)C)cc2C(C)(C)C)-c2c-3c(-c3ccc(C(C)(C)C)cc3C(C)(C)C)c(-c3ccc(C(C)(C)C)cc3C(C)(C)C)c(P(O)O)c2P(O)O)c(C(C)(C)C)c1. The first kappa shape index (κ1) is 57.7. The Morgan fingerprint density at radius 3 is 0.784 bits per heavy atom. The zero-order valence-electron chi connectivity index (χ0n) is 49.8. The molecule has 0 aromatic heterocycles. The third kappa shape index (κ3) is 10.7. The predicted octanol–water partition coefficient (Wildman–Crippen LogP) is 18.2. The van der Waals surface area contributed by atoms with Gasteiger partial charge in [-0.3, -0.25) is 0 Å². The van der Waals surface area contributed by atoms with Crippen LogP contribution in [0.25, 0.3) is 66.8 Å². The average molecular weight is 1030 g/mol. The van der Waals surface area contributed by atoms with Gasteiger partial charge in [-0.1, -0.05) is 251 Å². The van der Waals surface area contributed by atoms with E-state index in [-0.39, 0.29) is 53.9 Å². The third-order valence-electron chi connectivity index (χ3n) is 15.4. The fraction of sp³-hybridized carbons (Fsp3) is 0.471. The van der Waals surface area contributed by atoms with E-state index in [2.05, 4.69) is 251 Å². The van der Waals surface area contributed by atoms with Crippen LogP contribution in [0.1, 0.15) is 211 Å². The van der Waals surface area contributed by atoms with Gasteiger partial charge in [-0.25, -0.2) is 0 Å². The maximum atomic E-state index is 12.3. The number of benzene rings is 6. The summed E-state index contributed by atoms with van der Waals surface area (Å²) in [6.45, 7) is 54.1. The van der Waals surface area contributed by atoms with Crippen molar-refractivity contribution in [2.45, 2.75) is 209 Å². The fourth-order valence-electron chi connectivity index (χ4n) is 11.1. The van der Waals surface area contributed by atoms with E-state index in [0.717, 1.165) is 66.8 Å². The Morgan fingerprint density at radius 2 is 0.473 bits per heavy atom. The molecular weight excluding hydrogens is 943 g/mol. The average Bonchev–Trinajstić information content (AvgIpc) is 3.23. The Bertz CT molecular complexity index is 3160. The van der Waals surface area contributed by atoms with Gasteiger partial charge >= 0.3 is 0 Å². The molecule has 0 saturated heterocycles. The topological polar surface area (TPSA) is 80.9 Å². The van der Waals surface area contributed by atoms with Gasteiger partial charge in [-0.2, -0.15) is 0 Å². The Hall–Kier alpha value is -3.98. The maximum Gasteiger partial charge on any atom is 0.201 e. The van der Waals surface area contributed by atoms with Crippen molar-refractivity contribution in [2.75, 3.05) is 0 Å². The zero-order valence-corrected chi connectivity index (χ0v) is 51.6. The van der Waals surface area contributed by atoms with E-state index in [4.69, 9.17) is 0 Å². The van der Waals surface area contributed by atoms with Crippen LogP contribution in [0.4, 0.5) is 0 Å². The molecule has 4 nitrogen and oxygen atoms in total. The van der Waals surface area contributed by atoms with E-state index in [9.17, 15) is 19.6 Å². The van der Waals surface area contributed by atoms with Gasteiger partial charge in [0.25, 0.3) is 0 Å². The van der Waals surface area contributed by atoms with Gasteiger partial charge in [0.2, 0.25) is 16.8 Å². The molecule has 7 rings (SSSR count). The summed E-state index contributed by atoms with van der Waals surface area (Å²) in [5.74, 6) is 0. The maximum absolute atomic E-state index is 12.3. The molecule has 0 heterocycles. The van der Waals surface area contributed by atoms with E-state index >= 15 is 0 Å². The molecule has 4 N–H and O–H groups in total. The van der Waals surface area contributed by atoms with Crippen LogP contribution in [-0.4, -0.2) is 19.6 Å². The first-order chi connectivity index (χ1) is 33.5. The van der Waals surface area contributed by atoms with E-state index in [1.165, 1.54) is 33.4 Å². The van der Waals surface area contributed by atoms with Crippen molar-refractivity contribution in [2.24, 2.45) is 0 Å². The van der Waals surface area contributed by atoms with Gasteiger partial charge in [-0.15, -0.1) is 0 Å². The smallest absolute Gasteiger partial charge is 0.201 e. The van der Waals surface area contributed by atoms with Crippen molar-refractivity contribution in [3.63, 3.8) is 0 Å². The lowest BCUT2D eigenvalue weighted by molar-refractivity contribution is 0.492. The summed E-state index contributed by atoms with van der Waals surface area (Å²) in [4.78, 5) is 49.2. The van der Waals surface area contributed by atoms with E-state index in [0.29, 0.717) is 11.1 Å². The van der Waals surface area contributed by atoms with Crippen LogP contribution >= 0.6 is 16.8 Å². The lowest BCUT2D eigenvalue weighted by Crippen LogP contribution is -2.32. The van der Waals surface area contributed by atoms with Crippen molar-refractivity contribution in [3.8, 4) is 66.8 Å². The van der Waals surface area contributed by atoms with Crippen molar-refractivity contribution in [1.82, 2.24) is 0 Å². The van der Waals surface area contributed by atoms with Crippen LogP contribution in [0, 0.1) is 0 Å². The Balaban J connectivity index is 1.82. The summed E-state index contributed by atoms with van der Waals surface area (Å²) in [5, 5.41) is 0.409. The van der Waals surface area contributed by atoms with Crippen molar-refractivity contribution in [3.05, 3.63) is 129 Å². The summed E-state index contributed by atoms with van der Waals surface area (Å²) < 4.78 is 0. The van der Waals surface area contributed by atoms with E-state index < -0.39 is 16.8 Å². The van der Waals surface area contributed by atoms with Crippen molar-refractivity contribution in [1.29, 1.82) is 0 Å². The second kappa shape index (κ2) is 18.9. The highest BCUT2D eigenvalue weighted by Gasteiger charge is 2.44. The van der Waals surface area contributed by atoms with Gasteiger partial charge < -0.3 is 19.6 Å². The molecule has 74 heavy (non-hydrogen) atoms. The lowest BCUT2D eigenvalue weighted by atomic mass is 9.66. The molecule has 0 bridgehead atoms. The highest BCUT2D eigenvalue weighted by molar-refractivity contribution is 7.61. The van der Waals surface area contributed by atoms with Gasteiger partial charge in [0.1, 0.15) is 0 Å². The second-order valence-corrected chi connectivity index (χ2v) is 31.8. The minimum atomic E-state index is -2.92. The first-order valence-corrected chi connectivity index (χ1v) is 29.4. The first-order valence-electron chi connectivity index (χ1n) is 26.9. The Labute approximate surface area is 450 Å². The molecule has 6 aromatic rings. The minimum absolute atomic E-state index is 0.0777. The predicted molar refractivity (Wildman–Crippen MR) is 324 cm³/mol. The molecule has 0 radical (unpaired) electrons. The molecule has 396 valence electrons. The van der Waals surface area contributed by atoms with Crippen LogP contribution in [0.5, 0.6) is 0 Å². The highest BCUT2D eigenvalue weighted by Crippen LogP contribution is 2.63. The summed E-state index contributed by atoms with van der Waals surface area (Å²) >= 11 is 0. The highest BCUT2D eigenvalue weighted by atomic mass is 31.2. The van der Waals surface area contributed by atoms with Gasteiger partial charge in [0.15, 0.2) is 0 Å². The quantitative estimate of drug-likeness (QED) is 0.125. The number of rotatable bonds is 6. The number of hydrogen-bond donors (Lipinski definition) is 4. The van der Waals surface area contributed by atoms with Crippen molar-refractivity contribution < 1.29 is 19.6 Å². The molecule has 0 fully saturated rings. The number of hydrogen-bond acceptors (Lipinski definition) is 4. The van der Waals surface area contributed by atoms with Gasteiger partial charge in [0, 0.05) is 11.1 Å². The summed E-state index contributed by atoms with van der Waals surface area (Å²) in [6, 6.07) is 32.0. The Morgan fingerprint density at radius 1 is 0.230 bits per heavy atom. The zero-order chi connectivity index (χ0) is 55.8. The lowest BCUT2D eigenvalue weighted by Gasteiger charge is -2.40. The summed E-state index contributed by atoms with van der Waals surface area (Å²) in [7, 11) is -5.82. The summed E-state index contributed by atoms with van der Waals surface area (Å²) in [5.41, 5.74) is 18.9. The Kier molecular flexibility index (Phi) is 14.7. The van der Waals surface area contributed by atoms with E-state index in [1.807, 2.05) is 0 Å². The van der Waals surface area contributed by atoms with Crippen LogP contribution < -0.4 is 10.6 Å². The van der Waals surface area contributed by atoms with Gasteiger partial charge in [0.05, 0.1) is 10.6 Å². The summed E-state index contributed by atoms with van der Waals surface area (Å²) in [6.07, 6.45) is 0. The molecule has 0 saturated carbocycles. The second-order valence-electron chi connectivity index (χ2n) is 29.7. The van der Waals surface area contributed by atoms with Crippen LogP contribution in [0.3, 0.4) is 0 Å². The van der Waals surface area contributed by atoms with E-state index in [1.54, 1.807) is 0 Å². The molecule has 6 heteroatoms. The molecule has 0 atom stereocenters. The fourth-order valence-corrected chi connectivity index (χ4v) is 13.1. The van der Waals surface area contributed by atoms with Gasteiger partial charge in [-0.05, 0) is 143 Å². The van der Waals surface area contributed by atoms with Crippen molar-refractivity contribution >= 4 is 27.4 Å². The normalized spacial score (nSPS) is 13.9. The molecule has 0 amide bonds. The third-order valence-corrected chi connectivity index (χ3v) is 17.3. The van der Waals surface area contributed by atoms with Crippen LogP contribution in [0.15, 0.2) is 84.9 Å². The number of fused-ring (bicyclic) bond motifs is 4. The largest absolute Gasteiger partial charge is 0.347 e. The van der Waals surface area contributed by atoms with Crippen LogP contribution in [0.2, 0.25) is 0 Å². The minimum Gasteiger partial charge on any atom is -0.347 e. The van der Waals surface area contributed by atoms with Crippen LogP contribution in [-0.2, 0) is 43.3 Å². The molecule has 1 aliphatic rings. The molecule has 1 aliphatic carbocycles. The molecule has 0 spiro atoms. The molecule has 0 unspecified atom stereocenters.